The van der Waals surface area contributed by atoms with E-state index in [1.54, 1.807) is 6.20 Å². The molecule has 0 bridgehead atoms. The van der Waals surface area contributed by atoms with Gasteiger partial charge in [-0.15, -0.1) is 0 Å². The van der Waals surface area contributed by atoms with Crippen LogP contribution in [-0.2, 0) is 0 Å². The number of piperazine rings is 1. The van der Waals surface area contributed by atoms with Crippen LogP contribution in [0.15, 0.2) is 18.3 Å². The van der Waals surface area contributed by atoms with Crippen LogP contribution < -0.4 is 10.2 Å². The number of halogens is 1. The fourth-order valence-electron chi connectivity index (χ4n) is 4.47. The number of alkyl halides is 1. The summed E-state index contributed by atoms with van der Waals surface area (Å²) in [6.07, 6.45) is 17.6. The van der Waals surface area contributed by atoms with Gasteiger partial charge in [0.2, 0.25) is 0 Å². The van der Waals surface area contributed by atoms with Crippen LogP contribution in [0.2, 0.25) is 0 Å². The van der Waals surface area contributed by atoms with Gasteiger partial charge in [0.05, 0.1) is 5.56 Å². The maximum atomic E-state index is 12.4. The third-order valence-electron chi connectivity index (χ3n) is 6.72. The fraction of sp³-hybridized carbons (Fsp3) is 0.778. The van der Waals surface area contributed by atoms with Gasteiger partial charge in [0, 0.05) is 50.3 Å². The normalized spacial score (nSPS) is 14.7. The number of hydrogen-bond donors (Lipinski definition) is 1. The van der Waals surface area contributed by atoms with Gasteiger partial charge < -0.3 is 10.2 Å². The van der Waals surface area contributed by atoms with Crippen molar-refractivity contribution in [2.24, 2.45) is 0 Å². The Labute approximate surface area is 211 Å². The second-order valence-corrected chi connectivity index (χ2v) is 10.5. The quantitative estimate of drug-likeness (QED) is 0.189. The number of unbranched alkanes of at least 4 members (excludes halogenated alkanes) is 11. The lowest BCUT2D eigenvalue weighted by Gasteiger charge is -2.37. The molecule has 5 nitrogen and oxygen atoms in total. The molecule has 0 atom stereocenters. The Morgan fingerprint density at radius 3 is 1.91 bits per heavy atom. The molecule has 188 valence electrons. The Hall–Kier alpha value is -1.14. The monoisotopic (exact) mass is 522 g/mol. The molecule has 1 aliphatic heterocycles. The summed E-state index contributed by atoms with van der Waals surface area (Å²) >= 11 is 3.49. The maximum Gasteiger partial charge on any atom is 0.252 e. The average Bonchev–Trinajstić information content (AvgIpc) is 2.84. The number of carbonyl (C=O) groups excluding carboxylic acids is 1. The second-order valence-electron chi connectivity index (χ2n) is 9.71. The molecule has 0 unspecified atom stereocenters. The van der Waals surface area contributed by atoms with Crippen molar-refractivity contribution in [1.29, 1.82) is 0 Å². The van der Waals surface area contributed by atoms with E-state index in [1.807, 2.05) is 12.1 Å². The van der Waals surface area contributed by atoms with Gasteiger partial charge in [-0.3, -0.25) is 9.69 Å². The summed E-state index contributed by atoms with van der Waals surface area (Å²) in [4.78, 5) is 21.8. The molecule has 0 radical (unpaired) electrons. The zero-order chi connectivity index (χ0) is 23.7. The van der Waals surface area contributed by atoms with Crippen LogP contribution >= 0.6 is 15.9 Å². The van der Waals surface area contributed by atoms with E-state index in [9.17, 15) is 4.79 Å². The van der Waals surface area contributed by atoms with Crippen LogP contribution in [0, 0.1) is 0 Å². The number of nitrogens with zero attached hydrogens (tertiary/aromatic N) is 3. The highest BCUT2D eigenvalue weighted by atomic mass is 79.9. The summed E-state index contributed by atoms with van der Waals surface area (Å²) in [7, 11) is 0. The van der Waals surface area contributed by atoms with E-state index in [2.05, 4.69) is 49.9 Å². The zero-order valence-electron chi connectivity index (χ0n) is 21.2. The van der Waals surface area contributed by atoms with Crippen molar-refractivity contribution in [2.75, 3.05) is 43.0 Å². The highest BCUT2D eigenvalue weighted by Crippen LogP contribution is 2.16. The van der Waals surface area contributed by atoms with Gasteiger partial charge in [0.15, 0.2) is 0 Å². The van der Waals surface area contributed by atoms with Crippen molar-refractivity contribution >= 4 is 27.7 Å². The standard InChI is InChI=1S/C27H47BrN4O/c1-24(2)31-19-21-32(22-20-31)26-16-15-25(23-30-26)27(33)29-18-14-12-10-8-6-4-3-5-7-9-11-13-17-28/h15-16,23-24H,3-14,17-22H2,1-2H3,(H,29,33). The third-order valence-corrected chi connectivity index (χ3v) is 7.29. The van der Waals surface area contributed by atoms with Crippen LogP contribution in [0.4, 0.5) is 5.82 Å². The summed E-state index contributed by atoms with van der Waals surface area (Å²) < 4.78 is 0. The zero-order valence-corrected chi connectivity index (χ0v) is 22.8. The molecule has 2 heterocycles. The molecule has 33 heavy (non-hydrogen) atoms. The van der Waals surface area contributed by atoms with Gasteiger partial charge in [-0.05, 0) is 38.8 Å². The van der Waals surface area contributed by atoms with Crippen LogP contribution in [0.1, 0.15) is 101 Å². The van der Waals surface area contributed by atoms with Crippen molar-refractivity contribution in [3.05, 3.63) is 23.9 Å². The molecular formula is C27H47BrN4O. The van der Waals surface area contributed by atoms with Crippen LogP contribution in [0.5, 0.6) is 0 Å². The summed E-state index contributed by atoms with van der Waals surface area (Å²) in [5.41, 5.74) is 0.659. The van der Waals surface area contributed by atoms with Gasteiger partial charge >= 0.3 is 0 Å². The first-order valence-corrected chi connectivity index (χ1v) is 14.5. The molecule has 1 N–H and O–H groups in total. The van der Waals surface area contributed by atoms with Crippen molar-refractivity contribution in [3.8, 4) is 0 Å². The molecule has 0 saturated carbocycles. The maximum absolute atomic E-state index is 12.4. The topological polar surface area (TPSA) is 48.5 Å². The van der Waals surface area contributed by atoms with Gasteiger partial charge in [0.1, 0.15) is 5.82 Å². The van der Waals surface area contributed by atoms with E-state index >= 15 is 0 Å². The predicted octanol–water partition coefficient (Wildman–Crippen LogP) is 6.42. The first kappa shape index (κ1) is 28.1. The molecule has 6 heteroatoms. The summed E-state index contributed by atoms with van der Waals surface area (Å²) in [5, 5.41) is 4.20. The second kappa shape index (κ2) is 17.3. The lowest BCUT2D eigenvalue weighted by Crippen LogP contribution is -2.49. The summed E-state index contributed by atoms with van der Waals surface area (Å²) in [6, 6.07) is 4.50. The molecule has 1 amide bonds. The molecule has 1 aromatic heterocycles. The van der Waals surface area contributed by atoms with Gasteiger partial charge in [-0.25, -0.2) is 4.98 Å². The lowest BCUT2D eigenvalue weighted by molar-refractivity contribution is 0.0952. The van der Waals surface area contributed by atoms with Crippen LogP contribution in [0.25, 0.3) is 0 Å². The van der Waals surface area contributed by atoms with Crippen molar-refractivity contribution in [2.45, 2.75) is 96.9 Å². The first-order valence-electron chi connectivity index (χ1n) is 13.4. The van der Waals surface area contributed by atoms with E-state index in [4.69, 9.17) is 0 Å². The Morgan fingerprint density at radius 2 is 1.42 bits per heavy atom. The van der Waals surface area contributed by atoms with E-state index in [-0.39, 0.29) is 5.91 Å². The minimum absolute atomic E-state index is 0.00480. The van der Waals surface area contributed by atoms with E-state index in [0.29, 0.717) is 11.6 Å². The number of pyridine rings is 1. The van der Waals surface area contributed by atoms with Crippen molar-refractivity contribution in [3.63, 3.8) is 0 Å². The predicted molar refractivity (Wildman–Crippen MR) is 145 cm³/mol. The third kappa shape index (κ3) is 11.7. The Morgan fingerprint density at radius 1 is 0.879 bits per heavy atom. The van der Waals surface area contributed by atoms with Gasteiger partial charge in [0.25, 0.3) is 5.91 Å². The van der Waals surface area contributed by atoms with Crippen molar-refractivity contribution in [1.82, 2.24) is 15.2 Å². The van der Waals surface area contributed by atoms with E-state index < -0.39 is 0 Å². The number of carbonyl (C=O) groups is 1. The Bertz CT molecular complexity index is 630. The van der Waals surface area contributed by atoms with Crippen molar-refractivity contribution < 1.29 is 4.79 Å². The summed E-state index contributed by atoms with van der Waals surface area (Å²) in [5.74, 6) is 0.972. The number of hydrogen-bond acceptors (Lipinski definition) is 4. The van der Waals surface area contributed by atoms with E-state index in [1.165, 1.54) is 70.6 Å². The smallest absolute Gasteiger partial charge is 0.252 e. The molecule has 1 aromatic rings. The molecular weight excluding hydrogens is 476 g/mol. The minimum Gasteiger partial charge on any atom is -0.354 e. The summed E-state index contributed by atoms with van der Waals surface area (Å²) in [6.45, 7) is 9.38. The lowest BCUT2D eigenvalue weighted by atomic mass is 10.1. The number of rotatable bonds is 17. The van der Waals surface area contributed by atoms with Crippen LogP contribution in [-0.4, -0.2) is 59.9 Å². The van der Waals surface area contributed by atoms with Gasteiger partial charge in [-0.1, -0.05) is 80.1 Å². The average molecular weight is 524 g/mol. The minimum atomic E-state index is -0.00480. The Kier molecular flexibility index (Phi) is 14.7. The van der Waals surface area contributed by atoms with Crippen LogP contribution in [0.3, 0.4) is 0 Å². The van der Waals surface area contributed by atoms with Gasteiger partial charge in [-0.2, -0.15) is 0 Å². The molecule has 0 spiro atoms. The molecule has 0 aliphatic carbocycles. The number of amides is 1. The molecule has 1 saturated heterocycles. The Balaban J connectivity index is 1.47. The molecule has 1 aliphatic rings. The largest absolute Gasteiger partial charge is 0.354 e. The highest BCUT2D eigenvalue weighted by Gasteiger charge is 2.19. The van der Waals surface area contributed by atoms with E-state index in [0.717, 1.165) is 50.3 Å². The molecule has 2 rings (SSSR count). The number of aromatic nitrogens is 1. The fourth-order valence-corrected chi connectivity index (χ4v) is 4.86. The highest BCUT2D eigenvalue weighted by molar-refractivity contribution is 9.09. The number of nitrogens with one attached hydrogen (secondary N) is 1. The molecule has 1 fully saturated rings. The first-order chi connectivity index (χ1) is 16.1. The number of anilines is 1. The SMILES string of the molecule is CC(C)N1CCN(c2ccc(C(=O)NCCCCCCCCCCCCCCBr)cn2)CC1. The molecule has 0 aromatic carbocycles.